The first-order chi connectivity index (χ1) is 26.9. The van der Waals surface area contributed by atoms with E-state index in [1.807, 2.05) is 24.3 Å². The maximum atomic E-state index is 13.1. The van der Waals surface area contributed by atoms with E-state index in [0.717, 1.165) is 46.8 Å². The van der Waals surface area contributed by atoms with Gasteiger partial charge in [0.1, 0.15) is 0 Å². The van der Waals surface area contributed by atoms with Crippen molar-refractivity contribution in [3.8, 4) is 0 Å². The number of nitrogens with zero attached hydrogens (tertiary/aromatic N) is 3. The number of alkyl halides is 6. The fraction of sp³-hybridized carbons (Fsp3) is 0.143. The van der Waals surface area contributed by atoms with Crippen molar-refractivity contribution in [1.82, 2.24) is 15.4 Å². The Bertz CT molecular complexity index is 2170. The fourth-order valence-electron chi connectivity index (χ4n) is 5.37. The van der Waals surface area contributed by atoms with Crippen LogP contribution in [0.15, 0.2) is 152 Å². The third kappa shape index (κ3) is 12.0. The second kappa shape index (κ2) is 19.2. The largest absolute Gasteiger partial charge is 0.416 e. The summed E-state index contributed by atoms with van der Waals surface area (Å²) in [6.07, 6.45) is -0.860. The SMILES string of the molecule is O=C(Nc1cccc(C(F)(F)F)c1)c1ccccc1NCCc1cccnc1.O=C(c1ccccc1)N(NCCc1ccncc1)c1cccc(C(F)(F)F)c1. The molecule has 2 amide bonds. The number of carbonyl (C=O) groups is 2. The lowest BCUT2D eigenvalue weighted by Gasteiger charge is -2.24. The van der Waals surface area contributed by atoms with Gasteiger partial charge in [-0.05, 0) is 103 Å². The summed E-state index contributed by atoms with van der Waals surface area (Å²) in [5, 5.41) is 6.88. The molecule has 8 nitrogen and oxygen atoms in total. The van der Waals surface area contributed by atoms with Crippen molar-refractivity contribution in [3.63, 3.8) is 0 Å². The number of hydrogen-bond acceptors (Lipinski definition) is 6. The van der Waals surface area contributed by atoms with Crippen LogP contribution < -0.4 is 21.1 Å². The average Bonchev–Trinajstić information content (AvgIpc) is 3.20. The van der Waals surface area contributed by atoms with Crippen LogP contribution in [0.2, 0.25) is 0 Å². The van der Waals surface area contributed by atoms with Gasteiger partial charge in [0.25, 0.3) is 11.8 Å². The van der Waals surface area contributed by atoms with Crippen LogP contribution in [0.4, 0.5) is 43.4 Å². The minimum Gasteiger partial charge on any atom is -0.384 e. The first kappa shape index (κ1) is 40.6. The van der Waals surface area contributed by atoms with E-state index in [1.165, 1.54) is 24.3 Å². The highest BCUT2D eigenvalue weighted by Gasteiger charge is 2.32. The summed E-state index contributed by atoms with van der Waals surface area (Å²) in [5.74, 6) is -0.918. The molecule has 0 aliphatic heterocycles. The maximum Gasteiger partial charge on any atom is 0.416 e. The molecule has 0 atom stereocenters. The lowest BCUT2D eigenvalue weighted by Crippen LogP contribution is -2.44. The predicted molar refractivity (Wildman–Crippen MR) is 203 cm³/mol. The highest BCUT2D eigenvalue weighted by atomic mass is 19.4. The molecular formula is C42H36F6N6O2. The highest BCUT2D eigenvalue weighted by Crippen LogP contribution is 2.32. The summed E-state index contributed by atoms with van der Waals surface area (Å²) in [5.41, 5.74) is 4.93. The zero-order valence-corrected chi connectivity index (χ0v) is 29.7. The van der Waals surface area contributed by atoms with Gasteiger partial charge in [-0.1, -0.05) is 48.5 Å². The molecule has 288 valence electrons. The molecule has 0 aliphatic carbocycles. The van der Waals surface area contributed by atoms with Crippen LogP contribution in [-0.4, -0.2) is 34.9 Å². The van der Waals surface area contributed by atoms with Gasteiger partial charge in [0, 0.05) is 54.8 Å². The Morgan fingerprint density at radius 2 is 1.27 bits per heavy atom. The van der Waals surface area contributed by atoms with E-state index in [1.54, 1.807) is 79.4 Å². The van der Waals surface area contributed by atoms with Crippen LogP contribution in [-0.2, 0) is 25.2 Å². The van der Waals surface area contributed by atoms with Crippen molar-refractivity contribution in [2.45, 2.75) is 25.2 Å². The number of rotatable bonds is 12. The molecule has 2 aromatic heterocycles. The van der Waals surface area contributed by atoms with Crippen molar-refractivity contribution in [3.05, 3.63) is 186 Å². The summed E-state index contributed by atoms with van der Waals surface area (Å²) in [6, 6.07) is 32.0. The van der Waals surface area contributed by atoms with Crippen molar-refractivity contribution in [2.75, 3.05) is 28.7 Å². The van der Waals surface area contributed by atoms with Gasteiger partial charge in [-0.15, -0.1) is 0 Å². The number of para-hydroxylation sites is 1. The van der Waals surface area contributed by atoms with Gasteiger partial charge < -0.3 is 10.6 Å². The zero-order valence-electron chi connectivity index (χ0n) is 29.7. The number of nitrogens with one attached hydrogen (secondary N) is 3. The van der Waals surface area contributed by atoms with Crippen molar-refractivity contribution >= 4 is 28.9 Å². The number of halogens is 6. The van der Waals surface area contributed by atoms with Crippen LogP contribution in [0.3, 0.4) is 0 Å². The number of hydrazine groups is 1. The molecular weight excluding hydrogens is 734 g/mol. The Morgan fingerprint density at radius 3 is 1.96 bits per heavy atom. The molecule has 3 N–H and O–H groups in total. The van der Waals surface area contributed by atoms with E-state index < -0.39 is 35.3 Å². The number of pyridine rings is 2. The molecule has 0 radical (unpaired) electrons. The molecule has 0 unspecified atom stereocenters. The second-order valence-electron chi connectivity index (χ2n) is 12.2. The third-order valence-electron chi connectivity index (χ3n) is 8.16. The van der Waals surface area contributed by atoms with Gasteiger partial charge in [0.2, 0.25) is 0 Å². The van der Waals surface area contributed by atoms with Gasteiger partial charge in [-0.25, -0.2) is 10.4 Å². The summed E-state index contributed by atoms with van der Waals surface area (Å²) >= 11 is 0. The number of anilines is 3. The zero-order chi connectivity index (χ0) is 40.0. The number of aromatic nitrogens is 2. The lowest BCUT2D eigenvalue weighted by molar-refractivity contribution is -0.138. The van der Waals surface area contributed by atoms with Gasteiger partial charge in [0.05, 0.1) is 22.4 Å². The first-order valence-corrected chi connectivity index (χ1v) is 17.3. The molecule has 4 aromatic carbocycles. The van der Waals surface area contributed by atoms with Crippen LogP contribution >= 0.6 is 0 Å². The molecule has 56 heavy (non-hydrogen) atoms. The van der Waals surface area contributed by atoms with Crippen LogP contribution in [0.5, 0.6) is 0 Å². The molecule has 0 saturated carbocycles. The van der Waals surface area contributed by atoms with Gasteiger partial charge in [-0.2, -0.15) is 26.3 Å². The molecule has 6 rings (SSSR count). The van der Waals surface area contributed by atoms with E-state index >= 15 is 0 Å². The normalized spacial score (nSPS) is 11.2. The smallest absolute Gasteiger partial charge is 0.384 e. The third-order valence-corrected chi connectivity index (χ3v) is 8.16. The van der Waals surface area contributed by atoms with E-state index in [-0.39, 0.29) is 11.4 Å². The number of amides is 2. The summed E-state index contributed by atoms with van der Waals surface area (Å²) in [7, 11) is 0. The topological polar surface area (TPSA) is 99.2 Å². The van der Waals surface area contributed by atoms with Gasteiger partial charge in [-0.3, -0.25) is 19.6 Å². The standard InChI is InChI=1S/2C21H18F3N3O/c22-21(23,24)16-6-3-7-17(13-16)27-20(28)18-8-1-2-9-19(18)26-12-10-15-5-4-11-25-14-15;22-21(23,24)18-7-4-8-19(15-18)27(20(28)17-5-2-1-3-6-17)26-14-11-16-9-12-25-13-10-16/h1-9,11,13-14,26H,10,12H2,(H,27,28);1-10,12-13,15,26H,11,14H2. The molecule has 0 spiro atoms. The Labute approximate surface area is 319 Å². The predicted octanol–water partition coefficient (Wildman–Crippen LogP) is 9.50. The van der Waals surface area contributed by atoms with Crippen LogP contribution in [0.25, 0.3) is 0 Å². The molecule has 0 bridgehead atoms. The number of hydrogen-bond donors (Lipinski definition) is 3. The summed E-state index contributed by atoms with van der Waals surface area (Å²) < 4.78 is 77.8. The molecule has 14 heteroatoms. The van der Waals surface area contributed by atoms with Crippen LogP contribution in [0.1, 0.15) is 43.0 Å². The van der Waals surface area contributed by atoms with E-state index in [2.05, 4.69) is 26.0 Å². The molecule has 0 aliphatic rings. The van der Waals surface area contributed by atoms with Crippen molar-refractivity contribution in [2.24, 2.45) is 0 Å². The monoisotopic (exact) mass is 770 g/mol. The maximum absolute atomic E-state index is 13.1. The number of carbonyl (C=O) groups excluding carboxylic acids is 2. The van der Waals surface area contributed by atoms with Crippen molar-refractivity contribution in [1.29, 1.82) is 0 Å². The van der Waals surface area contributed by atoms with E-state index in [0.29, 0.717) is 36.3 Å². The Kier molecular flexibility index (Phi) is 13.9. The first-order valence-electron chi connectivity index (χ1n) is 17.3. The fourth-order valence-corrected chi connectivity index (χ4v) is 5.37. The summed E-state index contributed by atoms with van der Waals surface area (Å²) in [6.45, 7) is 0.943. The van der Waals surface area contributed by atoms with Gasteiger partial charge in [0.15, 0.2) is 0 Å². The number of benzene rings is 4. The Morgan fingerprint density at radius 1 is 0.607 bits per heavy atom. The average molecular weight is 771 g/mol. The quantitative estimate of drug-likeness (QED) is 0.0848. The highest BCUT2D eigenvalue weighted by molar-refractivity contribution is 6.08. The van der Waals surface area contributed by atoms with Crippen LogP contribution in [0, 0.1) is 0 Å². The molecule has 0 fully saturated rings. The Balaban J connectivity index is 0.000000214. The Hall–Kier alpha value is -6.54. The summed E-state index contributed by atoms with van der Waals surface area (Å²) in [4.78, 5) is 33.5. The molecule has 6 aromatic rings. The van der Waals surface area contributed by atoms with E-state index in [9.17, 15) is 35.9 Å². The lowest BCUT2D eigenvalue weighted by atomic mass is 10.1. The minimum absolute atomic E-state index is 0.0880. The second-order valence-corrected chi connectivity index (χ2v) is 12.2. The minimum atomic E-state index is -4.49. The molecule has 0 saturated heterocycles. The van der Waals surface area contributed by atoms with Crippen molar-refractivity contribution < 1.29 is 35.9 Å². The van der Waals surface area contributed by atoms with Gasteiger partial charge >= 0.3 is 12.4 Å². The van der Waals surface area contributed by atoms with E-state index in [4.69, 9.17) is 0 Å². The molecule has 2 heterocycles.